The summed E-state index contributed by atoms with van der Waals surface area (Å²) in [5, 5.41) is 0. The number of rotatable bonds is 2. The first-order chi connectivity index (χ1) is 11.1. The molecule has 3 fully saturated rings. The number of hydrogen-bond donors (Lipinski definition) is 0. The molecule has 3 amide bonds. The Morgan fingerprint density at radius 2 is 1.78 bits per heavy atom. The maximum absolute atomic E-state index is 12.9. The molecule has 6 heteroatoms. The minimum Gasteiger partial charge on any atom is -0.342 e. The van der Waals surface area contributed by atoms with E-state index in [4.69, 9.17) is 0 Å². The van der Waals surface area contributed by atoms with Crippen molar-refractivity contribution in [1.29, 1.82) is 0 Å². The summed E-state index contributed by atoms with van der Waals surface area (Å²) < 4.78 is 0. The molecule has 0 aromatic rings. The maximum Gasteiger partial charge on any atom is 0.320 e. The molecule has 0 N–H and O–H groups in total. The first-order valence-electron chi connectivity index (χ1n) is 9.07. The van der Waals surface area contributed by atoms with Crippen LogP contribution in [0.3, 0.4) is 0 Å². The Balaban J connectivity index is 1.63. The van der Waals surface area contributed by atoms with Crippen LogP contribution in [0.1, 0.15) is 32.6 Å². The number of hydrogen-bond acceptors (Lipinski definition) is 3. The number of carbonyl (C=O) groups is 2. The summed E-state index contributed by atoms with van der Waals surface area (Å²) in [5.41, 5.74) is -0.296. The predicted molar refractivity (Wildman–Crippen MR) is 89.2 cm³/mol. The zero-order valence-electron chi connectivity index (χ0n) is 14.6. The van der Waals surface area contributed by atoms with E-state index in [1.54, 1.807) is 0 Å². The molecule has 1 spiro atoms. The molecule has 6 nitrogen and oxygen atoms in total. The number of likely N-dealkylation sites (tertiary alicyclic amines) is 2. The van der Waals surface area contributed by atoms with Gasteiger partial charge in [-0.15, -0.1) is 0 Å². The van der Waals surface area contributed by atoms with Gasteiger partial charge in [-0.3, -0.25) is 4.79 Å². The standard InChI is InChI=1S/C17H30N4O2/c1-3-7-19-8-4-5-17(15(19)22)6-9-21(14-17)16(23)20-12-10-18(2)11-13-20/h3-14H2,1-2H3/t17-/m1/s1. The van der Waals surface area contributed by atoms with Gasteiger partial charge in [0, 0.05) is 52.4 Å². The first-order valence-corrected chi connectivity index (χ1v) is 9.07. The molecule has 3 saturated heterocycles. The molecule has 3 aliphatic heterocycles. The average molecular weight is 322 g/mol. The number of piperazine rings is 1. The van der Waals surface area contributed by atoms with Crippen molar-refractivity contribution in [3.8, 4) is 0 Å². The lowest BCUT2D eigenvalue weighted by molar-refractivity contribution is -0.145. The van der Waals surface area contributed by atoms with E-state index in [-0.39, 0.29) is 11.4 Å². The molecule has 0 aromatic carbocycles. The normalized spacial score (nSPS) is 29.7. The van der Waals surface area contributed by atoms with Crippen molar-refractivity contribution in [3.05, 3.63) is 0 Å². The Labute approximate surface area is 139 Å². The number of carbonyl (C=O) groups excluding carboxylic acids is 2. The molecule has 0 aromatic heterocycles. The smallest absolute Gasteiger partial charge is 0.320 e. The molecule has 3 heterocycles. The molecule has 3 aliphatic rings. The largest absolute Gasteiger partial charge is 0.342 e. The van der Waals surface area contributed by atoms with Gasteiger partial charge >= 0.3 is 6.03 Å². The third-order valence-electron chi connectivity index (χ3n) is 5.72. The summed E-state index contributed by atoms with van der Waals surface area (Å²) in [5.74, 6) is 0.291. The van der Waals surface area contributed by atoms with E-state index in [0.29, 0.717) is 12.5 Å². The third kappa shape index (κ3) is 3.18. The summed E-state index contributed by atoms with van der Waals surface area (Å²) in [6.07, 6.45) is 3.86. The summed E-state index contributed by atoms with van der Waals surface area (Å²) in [4.78, 5) is 33.8. The van der Waals surface area contributed by atoms with Gasteiger partial charge in [0.15, 0.2) is 0 Å². The van der Waals surface area contributed by atoms with E-state index >= 15 is 0 Å². The van der Waals surface area contributed by atoms with Gasteiger partial charge in [0.1, 0.15) is 0 Å². The number of piperidine rings is 1. The van der Waals surface area contributed by atoms with Gasteiger partial charge < -0.3 is 19.6 Å². The van der Waals surface area contributed by atoms with Gasteiger partial charge in [-0.2, -0.15) is 0 Å². The third-order valence-corrected chi connectivity index (χ3v) is 5.72. The molecule has 0 aliphatic carbocycles. The van der Waals surface area contributed by atoms with Crippen molar-refractivity contribution in [2.24, 2.45) is 5.41 Å². The number of likely N-dealkylation sites (N-methyl/N-ethyl adjacent to an activating group) is 1. The van der Waals surface area contributed by atoms with E-state index < -0.39 is 0 Å². The highest BCUT2D eigenvalue weighted by Gasteiger charge is 2.49. The molecular weight excluding hydrogens is 292 g/mol. The van der Waals surface area contributed by atoms with Crippen LogP contribution in [0.5, 0.6) is 0 Å². The van der Waals surface area contributed by atoms with Gasteiger partial charge in [0.05, 0.1) is 5.41 Å². The zero-order chi connectivity index (χ0) is 16.4. The SMILES string of the molecule is CCCN1CCC[C@]2(CCN(C(=O)N3CCN(C)CC3)C2)C1=O. The summed E-state index contributed by atoms with van der Waals surface area (Å²) in [7, 11) is 2.09. The van der Waals surface area contributed by atoms with Crippen molar-refractivity contribution in [3.63, 3.8) is 0 Å². The van der Waals surface area contributed by atoms with Crippen molar-refractivity contribution >= 4 is 11.9 Å². The fraction of sp³-hybridized carbons (Fsp3) is 0.882. The molecular formula is C17H30N4O2. The van der Waals surface area contributed by atoms with Gasteiger partial charge in [0.2, 0.25) is 5.91 Å². The topological polar surface area (TPSA) is 47.1 Å². The highest BCUT2D eigenvalue weighted by molar-refractivity contribution is 5.85. The fourth-order valence-electron chi connectivity index (χ4n) is 4.25. The molecule has 0 saturated carbocycles. The Bertz CT molecular complexity index is 460. The number of amides is 3. The van der Waals surface area contributed by atoms with Crippen molar-refractivity contribution in [1.82, 2.24) is 19.6 Å². The summed E-state index contributed by atoms with van der Waals surface area (Å²) >= 11 is 0. The first kappa shape index (κ1) is 16.6. The summed E-state index contributed by atoms with van der Waals surface area (Å²) in [6.45, 7) is 8.69. The van der Waals surface area contributed by atoms with E-state index in [2.05, 4.69) is 18.9 Å². The van der Waals surface area contributed by atoms with E-state index in [0.717, 1.165) is 71.5 Å². The lowest BCUT2D eigenvalue weighted by Gasteiger charge is -2.40. The quantitative estimate of drug-likeness (QED) is 0.764. The molecule has 1 atom stereocenters. The van der Waals surface area contributed by atoms with Crippen LogP contribution in [-0.2, 0) is 4.79 Å². The minimum atomic E-state index is -0.296. The van der Waals surface area contributed by atoms with Crippen LogP contribution in [0.2, 0.25) is 0 Å². The highest BCUT2D eigenvalue weighted by Crippen LogP contribution is 2.40. The van der Waals surface area contributed by atoms with Crippen LogP contribution in [0, 0.1) is 5.41 Å². The van der Waals surface area contributed by atoms with Crippen molar-refractivity contribution < 1.29 is 9.59 Å². The lowest BCUT2D eigenvalue weighted by Crippen LogP contribution is -2.53. The molecule has 23 heavy (non-hydrogen) atoms. The van der Waals surface area contributed by atoms with Gasteiger partial charge in [-0.25, -0.2) is 4.79 Å². The van der Waals surface area contributed by atoms with Gasteiger partial charge in [-0.1, -0.05) is 6.92 Å². The van der Waals surface area contributed by atoms with E-state index in [9.17, 15) is 9.59 Å². The van der Waals surface area contributed by atoms with Crippen LogP contribution in [0.4, 0.5) is 4.79 Å². The molecule has 0 radical (unpaired) electrons. The Kier molecular flexibility index (Phi) is 4.80. The van der Waals surface area contributed by atoms with E-state index in [1.807, 2.05) is 14.7 Å². The van der Waals surface area contributed by atoms with Gasteiger partial charge in [0.25, 0.3) is 0 Å². The minimum absolute atomic E-state index is 0.135. The average Bonchev–Trinajstić information content (AvgIpc) is 2.97. The second-order valence-electron chi connectivity index (χ2n) is 7.42. The Morgan fingerprint density at radius 1 is 1.04 bits per heavy atom. The van der Waals surface area contributed by atoms with Crippen LogP contribution >= 0.6 is 0 Å². The van der Waals surface area contributed by atoms with Crippen LogP contribution in [0.15, 0.2) is 0 Å². The monoisotopic (exact) mass is 322 g/mol. The Morgan fingerprint density at radius 3 is 2.48 bits per heavy atom. The fourth-order valence-corrected chi connectivity index (χ4v) is 4.25. The molecule has 3 rings (SSSR count). The van der Waals surface area contributed by atoms with Gasteiger partial charge in [-0.05, 0) is 32.7 Å². The van der Waals surface area contributed by atoms with Crippen LogP contribution in [0.25, 0.3) is 0 Å². The molecule has 130 valence electrons. The second-order valence-corrected chi connectivity index (χ2v) is 7.42. The Hall–Kier alpha value is -1.30. The second kappa shape index (κ2) is 6.67. The lowest BCUT2D eigenvalue weighted by atomic mass is 9.78. The number of urea groups is 1. The molecule has 0 unspecified atom stereocenters. The highest BCUT2D eigenvalue weighted by atomic mass is 16.2. The van der Waals surface area contributed by atoms with E-state index in [1.165, 1.54) is 0 Å². The summed E-state index contributed by atoms with van der Waals surface area (Å²) in [6, 6.07) is 0.135. The van der Waals surface area contributed by atoms with Crippen molar-refractivity contribution in [2.75, 3.05) is 59.4 Å². The van der Waals surface area contributed by atoms with Crippen LogP contribution < -0.4 is 0 Å². The van der Waals surface area contributed by atoms with Crippen molar-refractivity contribution in [2.45, 2.75) is 32.6 Å². The molecule has 0 bridgehead atoms. The van der Waals surface area contributed by atoms with Crippen LogP contribution in [-0.4, -0.2) is 90.9 Å². The predicted octanol–water partition coefficient (Wildman–Crippen LogP) is 1.08. The number of nitrogens with zero attached hydrogens (tertiary/aromatic N) is 4. The maximum atomic E-state index is 12.9. The zero-order valence-corrected chi connectivity index (χ0v) is 14.6.